The van der Waals surface area contributed by atoms with Crippen molar-refractivity contribution < 1.29 is 4.74 Å². The Kier molecular flexibility index (Phi) is 5.98. The van der Waals surface area contributed by atoms with Crippen LogP contribution in [0.5, 0.6) is 5.75 Å². The minimum atomic E-state index is 0.139. The second-order valence-corrected chi connectivity index (χ2v) is 5.97. The van der Waals surface area contributed by atoms with Crippen molar-refractivity contribution in [3.8, 4) is 5.75 Å². The van der Waals surface area contributed by atoms with Crippen LogP contribution in [-0.4, -0.2) is 28.8 Å². The molecule has 1 aromatic heterocycles. The molecule has 0 aliphatic rings. The summed E-state index contributed by atoms with van der Waals surface area (Å²) in [5.41, 5.74) is 2.42. The average molecular weight is 349 g/mol. The molecule has 0 amide bonds. The summed E-state index contributed by atoms with van der Waals surface area (Å²) in [6.07, 6.45) is 2.50. The van der Waals surface area contributed by atoms with Crippen molar-refractivity contribution in [1.82, 2.24) is 15.2 Å². The van der Waals surface area contributed by atoms with E-state index in [1.165, 1.54) is 11.1 Å². The lowest BCUT2D eigenvalue weighted by molar-refractivity contribution is 0.414. The van der Waals surface area contributed by atoms with E-state index in [9.17, 15) is 0 Å². The van der Waals surface area contributed by atoms with E-state index < -0.39 is 0 Å². The van der Waals surface area contributed by atoms with Crippen LogP contribution in [0.1, 0.15) is 24.1 Å². The number of nitrogens with one attached hydrogen (secondary N) is 2. The minimum Gasteiger partial charge on any atom is -0.497 e. The summed E-state index contributed by atoms with van der Waals surface area (Å²) in [6, 6.07) is 18.4. The van der Waals surface area contributed by atoms with Crippen molar-refractivity contribution in [1.29, 1.82) is 0 Å². The van der Waals surface area contributed by atoms with Gasteiger partial charge in [-0.2, -0.15) is 10.1 Å². The first kappa shape index (κ1) is 17.7. The molecule has 0 fully saturated rings. The third kappa shape index (κ3) is 4.92. The van der Waals surface area contributed by atoms with Crippen LogP contribution >= 0.6 is 0 Å². The summed E-state index contributed by atoms with van der Waals surface area (Å²) in [5, 5.41) is 14.6. The Labute approximate surface area is 153 Å². The maximum atomic E-state index is 5.17. The fourth-order valence-corrected chi connectivity index (χ4v) is 2.61. The molecule has 0 saturated heterocycles. The van der Waals surface area contributed by atoms with Gasteiger partial charge in [-0.25, -0.2) is 0 Å². The van der Waals surface area contributed by atoms with Gasteiger partial charge in [-0.05, 0) is 36.6 Å². The SMILES string of the molecule is COc1ccc(CCNc2nncc(NC(C)c3ccccc3)n2)cc1. The minimum absolute atomic E-state index is 0.139. The number of nitrogens with zero attached hydrogens (tertiary/aromatic N) is 3. The molecule has 1 unspecified atom stereocenters. The summed E-state index contributed by atoms with van der Waals surface area (Å²) in [7, 11) is 1.67. The molecule has 0 bridgehead atoms. The molecule has 0 aliphatic heterocycles. The highest BCUT2D eigenvalue weighted by molar-refractivity contribution is 5.40. The normalized spacial score (nSPS) is 11.6. The molecular formula is C20H23N5O. The van der Waals surface area contributed by atoms with Crippen LogP contribution in [0.3, 0.4) is 0 Å². The van der Waals surface area contributed by atoms with E-state index in [1.54, 1.807) is 13.3 Å². The molecule has 0 aliphatic carbocycles. The van der Waals surface area contributed by atoms with Crippen LogP contribution in [0.15, 0.2) is 60.8 Å². The van der Waals surface area contributed by atoms with E-state index in [0.29, 0.717) is 11.8 Å². The maximum absolute atomic E-state index is 5.17. The van der Waals surface area contributed by atoms with E-state index in [2.05, 4.69) is 57.0 Å². The largest absolute Gasteiger partial charge is 0.497 e. The number of rotatable bonds is 8. The highest BCUT2D eigenvalue weighted by Crippen LogP contribution is 2.17. The first-order valence-corrected chi connectivity index (χ1v) is 8.62. The van der Waals surface area contributed by atoms with Crippen molar-refractivity contribution in [2.45, 2.75) is 19.4 Å². The van der Waals surface area contributed by atoms with Gasteiger partial charge in [-0.15, -0.1) is 5.10 Å². The van der Waals surface area contributed by atoms with Crippen molar-refractivity contribution >= 4 is 11.8 Å². The van der Waals surface area contributed by atoms with Crippen molar-refractivity contribution in [3.05, 3.63) is 71.9 Å². The Balaban J connectivity index is 1.53. The first-order valence-electron chi connectivity index (χ1n) is 8.62. The molecule has 26 heavy (non-hydrogen) atoms. The van der Waals surface area contributed by atoms with Crippen molar-refractivity contribution in [2.24, 2.45) is 0 Å². The van der Waals surface area contributed by atoms with E-state index in [-0.39, 0.29) is 6.04 Å². The Morgan fingerprint density at radius 3 is 2.54 bits per heavy atom. The number of benzene rings is 2. The molecule has 3 aromatic rings. The van der Waals surface area contributed by atoms with Crippen LogP contribution in [0.4, 0.5) is 11.8 Å². The van der Waals surface area contributed by atoms with Crippen molar-refractivity contribution in [2.75, 3.05) is 24.3 Å². The molecule has 0 spiro atoms. The number of ether oxygens (including phenoxy) is 1. The van der Waals surface area contributed by atoms with E-state index >= 15 is 0 Å². The average Bonchev–Trinajstić information content (AvgIpc) is 2.69. The molecule has 2 N–H and O–H groups in total. The zero-order valence-electron chi connectivity index (χ0n) is 15.0. The Morgan fingerprint density at radius 1 is 1.04 bits per heavy atom. The summed E-state index contributed by atoms with van der Waals surface area (Å²) >= 11 is 0. The third-order valence-electron chi connectivity index (χ3n) is 4.08. The predicted molar refractivity (Wildman–Crippen MR) is 103 cm³/mol. The topological polar surface area (TPSA) is 72.0 Å². The number of aromatic nitrogens is 3. The van der Waals surface area contributed by atoms with Gasteiger partial charge in [0, 0.05) is 12.6 Å². The fourth-order valence-electron chi connectivity index (χ4n) is 2.61. The lowest BCUT2D eigenvalue weighted by atomic mass is 10.1. The van der Waals surface area contributed by atoms with E-state index in [1.807, 2.05) is 30.3 Å². The van der Waals surface area contributed by atoms with Gasteiger partial charge in [-0.1, -0.05) is 42.5 Å². The molecular weight excluding hydrogens is 326 g/mol. The molecule has 134 valence electrons. The standard InChI is InChI=1S/C20H23N5O/c1-15(17-6-4-3-5-7-17)23-19-14-22-25-20(24-19)21-13-12-16-8-10-18(26-2)11-9-16/h3-11,14-15H,12-13H2,1-2H3,(H2,21,23,24,25). The Bertz CT molecular complexity index is 808. The van der Waals surface area contributed by atoms with E-state index in [0.717, 1.165) is 18.7 Å². The lowest BCUT2D eigenvalue weighted by Gasteiger charge is -2.15. The van der Waals surface area contributed by atoms with Crippen LogP contribution in [0.25, 0.3) is 0 Å². The zero-order valence-corrected chi connectivity index (χ0v) is 15.0. The molecule has 6 heteroatoms. The summed E-state index contributed by atoms with van der Waals surface area (Å²) in [4.78, 5) is 4.48. The molecule has 0 radical (unpaired) electrons. The first-order chi connectivity index (χ1) is 12.7. The second kappa shape index (κ2) is 8.80. The number of anilines is 2. The zero-order chi connectivity index (χ0) is 18.2. The lowest BCUT2D eigenvalue weighted by Crippen LogP contribution is -2.12. The number of methoxy groups -OCH3 is 1. The van der Waals surface area contributed by atoms with Gasteiger partial charge in [0.15, 0.2) is 5.82 Å². The van der Waals surface area contributed by atoms with Crippen LogP contribution in [0.2, 0.25) is 0 Å². The second-order valence-electron chi connectivity index (χ2n) is 5.97. The van der Waals surface area contributed by atoms with Crippen LogP contribution in [-0.2, 0) is 6.42 Å². The number of hydrogen-bond acceptors (Lipinski definition) is 6. The number of hydrogen-bond donors (Lipinski definition) is 2. The van der Waals surface area contributed by atoms with Gasteiger partial charge >= 0.3 is 0 Å². The summed E-state index contributed by atoms with van der Waals surface area (Å²) < 4.78 is 5.17. The van der Waals surface area contributed by atoms with Gasteiger partial charge < -0.3 is 15.4 Å². The highest BCUT2D eigenvalue weighted by atomic mass is 16.5. The molecule has 2 aromatic carbocycles. The van der Waals surface area contributed by atoms with Gasteiger partial charge in [-0.3, -0.25) is 0 Å². The van der Waals surface area contributed by atoms with Crippen molar-refractivity contribution in [3.63, 3.8) is 0 Å². The summed E-state index contributed by atoms with van der Waals surface area (Å²) in [6.45, 7) is 2.82. The Hall–Kier alpha value is -3.15. The smallest absolute Gasteiger partial charge is 0.244 e. The van der Waals surface area contributed by atoms with Gasteiger partial charge in [0.2, 0.25) is 5.95 Å². The quantitative estimate of drug-likeness (QED) is 0.646. The molecule has 1 atom stereocenters. The molecule has 0 saturated carbocycles. The monoisotopic (exact) mass is 349 g/mol. The van der Waals surface area contributed by atoms with Gasteiger partial charge in [0.1, 0.15) is 5.75 Å². The molecule has 6 nitrogen and oxygen atoms in total. The van der Waals surface area contributed by atoms with Crippen LogP contribution in [0, 0.1) is 0 Å². The summed E-state index contributed by atoms with van der Waals surface area (Å²) in [5.74, 6) is 2.08. The van der Waals surface area contributed by atoms with E-state index in [4.69, 9.17) is 4.74 Å². The highest BCUT2D eigenvalue weighted by Gasteiger charge is 2.07. The van der Waals surface area contributed by atoms with Gasteiger partial charge in [0.25, 0.3) is 0 Å². The van der Waals surface area contributed by atoms with Crippen LogP contribution < -0.4 is 15.4 Å². The maximum Gasteiger partial charge on any atom is 0.244 e. The van der Waals surface area contributed by atoms with Gasteiger partial charge in [0.05, 0.1) is 13.3 Å². The predicted octanol–water partition coefficient (Wildman–Crippen LogP) is 3.71. The molecule has 3 rings (SSSR count). The fraction of sp³-hybridized carbons (Fsp3) is 0.250. The Morgan fingerprint density at radius 2 is 1.81 bits per heavy atom. The molecule has 1 heterocycles. The third-order valence-corrected chi connectivity index (χ3v) is 4.08.